The lowest BCUT2D eigenvalue weighted by atomic mass is 10.1. The number of H-pyrrole nitrogens is 1. The van der Waals surface area contributed by atoms with Crippen molar-refractivity contribution in [2.24, 2.45) is 0 Å². The zero-order valence-corrected chi connectivity index (χ0v) is 22.9. The van der Waals surface area contributed by atoms with Crippen LogP contribution in [0.15, 0.2) is 48.9 Å². The van der Waals surface area contributed by atoms with E-state index in [4.69, 9.17) is 21.1 Å². The Balaban J connectivity index is 1.50. The number of ether oxygens (including phenoxy) is 2. The molecule has 4 aromatic rings. The average Bonchev–Trinajstić information content (AvgIpc) is 3.66. The van der Waals surface area contributed by atoms with Gasteiger partial charge in [-0.3, -0.25) is 10.1 Å². The van der Waals surface area contributed by atoms with E-state index >= 15 is 0 Å². The first-order chi connectivity index (χ1) is 20.0. The highest BCUT2D eigenvalue weighted by atomic mass is 35.5. The number of hydrogen-bond acceptors (Lipinski definition) is 9. The fourth-order valence-corrected chi connectivity index (χ4v) is 4.49. The molecule has 2 amide bonds. The molecular weight excluding hydrogens is 550 g/mol. The number of aromatic nitrogens is 6. The van der Waals surface area contributed by atoms with Crippen LogP contribution in [0.25, 0.3) is 23.0 Å². The lowest BCUT2D eigenvalue weighted by molar-refractivity contribution is -0.111. The van der Waals surface area contributed by atoms with E-state index < -0.39 is 12.0 Å². The second kappa shape index (κ2) is 13.1. The number of fused-ring (bicyclic) bond motifs is 4. The molecule has 0 atom stereocenters. The largest absolute Gasteiger partial charge is 0.493 e. The smallest absolute Gasteiger partial charge is 0.411 e. The number of tetrazole rings is 1. The maximum absolute atomic E-state index is 13.3. The first-order valence-electron chi connectivity index (χ1n) is 12.9. The van der Waals surface area contributed by atoms with Crippen LogP contribution < -0.4 is 20.7 Å². The summed E-state index contributed by atoms with van der Waals surface area (Å²) in [5.74, 6) is 0.830. The molecule has 0 fully saturated rings. The minimum absolute atomic E-state index is 0.386. The predicted octanol–water partition coefficient (Wildman–Crippen LogP) is 3.84. The molecule has 5 rings (SSSR count). The van der Waals surface area contributed by atoms with E-state index in [1.807, 2.05) is 0 Å². The van der Waals surface area contributed by atoms with Gasteiger partial charge in [0.05, 0.1) is 42.5 Å². The third-order valence-corrected chi connectivity index (χ3v) is 6.47. The van der Waals surface area contributed by atoms with Gasteiger partial charge >= 0.3 is 6.09 Å². The number of hydrogen-bond donors (Lipinski definition) is 4. The molecule has 212 valence electrons. The van der Waals surface area contributed by atoms with Crippen molar-refractivity contribution in [3.8, 4) is 22.7 Å². The SMILES string of the molecule is COC(=O)Nc1cc(NC(=O)C=Cc2cc(Cl)ccc2-n2cnnn2)c2c(c1)OCCCCNCCc1ncc-2[nH]1. The van der Waals surface area contributed by atoms with E-state index in [0.29, 0.717) is 57.7 Å². The Kier molecular flexibility index (Phi) is 8.86. The summed E-state index contributed by atoms with van der Waals surface area (Å²) in [6.45, 7) is 2.09. The molecule has 41 heavy (non-hydrogen) atoms. The molecule has 2 aromatic carbocycles. The van der Waals surface area contributed by atoms with Gasteiger partial charge in [-0.15, -0.1) is 5.10 Å². The molecule has 2 bridgehead atoms. The van der Waals surface area contributed by atoms with Crippen LogP contribution in [0.4, 0.5) is 16.2 Å². The van der Waals surface area contributed by atoms with Gasteiger partial charge in [-0.2, -0.15) is 4.68 Å². The molecule has 13 nitrogen and oxygen atoms in total. The molecule has 0 saturated carbocycles. The molecule has 1 aliphatic rings. The monoisotopic (exact) mass is 577 g/mol. The van der Waals surface area contributed by atoms with Crippen molar-refractivity contribution in [3.05, 3.63) is 65.3 Å². The van der Waals surface area contributed by atoms with Gasteiger partial charge in [-0.1, -0.05) is 11.6 Å². The Morgan fingerprint density at radius 2 is 2.07 bits per heavy atom. The second-order valence-electron chi connectivity index (χ2n) is 9.09. The highest BCUT2D eigenvalue weighted by Crippen LogP contribution is 2.39. The lowest BCUT2D eigenvalue weighted by Gasteiger charge is -2.17. The summed E-state index contributed by atoms with van der Waals surface area (Å²) >= 11 is 6.21. The van der Waals surface area contributed by atoms with E-state index in [2.05, 4.69) is 41.4 Å². The summed E-state index contributed by atoms with van der Waals surface area (Å²) < 4.78 is 12.4. The second-order valence-corrected chi connectivity index (χ2v) is 9.53. The van der Waals surface area contributed by atoms with E-state index in [0.717, 1.165) is 31.8 Å². The summed E-state index contributed by atoms with van der Waals surface area (Å²) in [6.07, 6.45) is 7.95. The van der Waals surface area contributed by atoms with Crippen LogP contribution in [0.2, 0.25) is 5.02 Å². The summed E-state index contributed by atoms with van der Waals surface area (Å²) in [4.78, 5) is 33.1. The van der Waals surface area contributed by atoms with Crippen molar-refractivity contribution in [2.75, 3.05) is 37.4 Å². The maximum atomic E-state index is 13.3. The third-order valence-electron chi connectivity index (χ3n) is 6.23. The van der Waals surface area contributed by atoms with Crippen LogP contribution in [0.3, 0.4) is 0 Å². The molecule has 2 aromatic heterocycles. The molecule has 0 aliphatic carbocycles. The number of rotatable bonds is 5. The predicted molar refractivity (Wildman–Crippen MR) is 153 cm³/mol. The van der Waals surface area contributed by atoms with Crippen LogP contribution in [0.5, 0.6) is 5.75 Å². The normalized spacial score (nSPS) is 13.7. The van der Waals surface area contributed by atoms with Gasteiger partial charge in [0.2, 0.25) is 5.91 Å². The van der Waals surface area contributed by atoms with Gasteiger partial charge in [0.25, 0.3) is 0 Å². The van der Waals surface area contributed by atoms with Crippen LogP contribution in [-0.2, 0) is 16.0 Å². The Hall–Kier alpha value is -4.75. The number of imidazole rings is 1. The molecule has 0 unspecified atom stereocenters. The number of halogens is 1. The molecule has 0 spiro atoms. The number of anilines is 2. The van der Waals surface area contributed by atoms with Crippen molar-refractivity contribution in [1.29, 1.82) is 0 Å². The fourth-order valence-electron chi connectivity index (χ4n) is 4.31. The van der Waals surface area contributed by atoms with E-state index in [1.54, 1.807) is 42.6 Å². The Morgan fingerprint density at radius 3 is 2.90 bits per heavy atom. The zero-order valence-electron chi connectivity index (χ0n) is 22.2. The fraction of sp³-hybridized carbons (Fsp3) is 0.259. The minimum atomic E-state index is -0.655. The van der Waals surface area contributed by atoms with Crippen molar-refractivity contribution < 1.29 is 19.1 Å². The number of carbonyl (C=O) groups excluding carboxylic acids is 2. The Labute approximate surface area is 240 Å². The number of nitrogens with zero attached hydrogens (tertiary/aromatic N) is 5. The van der Waals surface area contributed by atoms with Crippen molar-refractivity contribution in [1.82, 2.24) is 35.5 Å². The summed E-state index contributed by atoms with van der Waals surface area (Å²) in [5.41, 5.74) is 3.32. The Bertz CT molecular complexity index is 1550. The topological polar surface area (TPSA) is 161 Å². The van der Waals surface area contributed by atoms with Gasteiger partial charge in [0.15, 0.2) is 0 Å². The molecule has 0 saturated heterocycles. The number of methoxy groups -OCH3 is 1. The quantitative estimate of drug-likeness (QED) is 0.258. The minimum Gasteiger partial charge on any atom is -0.493 e. The van der Waals surface area contributed by atoms with Crippen molar-refractivity contribution in [2.45, 2.75) is 19.3 Å². The number of benzene rings is 2. The number of amides is 2. The highest BCUT2D eigenvalue weighted by Gasteiger charge is 2.20. The molecule has 1 aliphatic heterocycles. The van der Waals surface area contributed by atoms with Crippen molar-refractivity contribution >= 4 is 41.1 Å². The van der Waals surface area contributed by atoms with Crippen LogP contribution >= 0.6 is 11.6 Å². The van der Waals surface area contributed by atoms with Crippen LogP contribution in [-0.4, -0.2) is 69.0 Å². The highest BCUT2D eigenvalue weighted by molar-refractivity contribution is 6.30. The molecule has 14 heteroatoms. The summed E-state index contributed by atoms with van der Waals surface area (Å²) in [6, 6.07) is 8.49. The molecule has 3 heterocycles. The number of aromatic amines is 1. The lowest BCUT2D eigenvalue weighted by Crippen LogP contribution is -2.19. The van der Waals surface area contributed by atoms with Gasteiger partial charge < -0.3 is 25.1 Å². The van der Waals surface area contributed by atoms with Crippen molar-refractivity contribution in [3.63, 3.8) is 0 Å². The molecule has 0 radical (unpaired) electrons. The first-order valence-corrected chi connectivity index (χ1v) is 13.3. The standard InChI is InChI=1S/C27H28ClN9O4/c1-40-27(39)32-19-13-20(26-21-15-30-24(33-21)8-10-29-9-2-3-11-41-23(26)14-19)34-25(38)7-4-17-12-18(28)5-6-22(17)37-16-31-35-36-37/h4-7,12-16,29H,2-3,8-11H2,1H3,(H,30,33)(H,32,39)(H,34,38). The zero-order chi connectivity index (χ0) is 28.6. The van der Waals surface area contributed by atoms with Crippen LogP contribution in [0.1, 0.15) is 24.2 Å². The van der Waals surface area contributed by atoms with Gasteiger partial charge in [-0.25, -0.2) is 9.78 Å². The number of nitrogens with one attached hydrogen (secondary N) is 4. The molecular formula is C27H28ClN9O4. The van der Waals surface area contributed by atoms with E-state index in [1.165, 1.54) is 24.2 Å². The first kappa shape index (κ1) is 27.8. The number of carbonyl (C=O) groups is 2. The summed E-state index contributed by atoms with van der Waals surface area (Å²) in [7, 11) is 1.27. The third kappa shape index (κ3) is 7.07. The van der Waals surface area contributed by atoms with E-state index in [-0.39, 0.29) is 0 Å². The Morgan fingerprint density at radius 1 is 1.17 bits per heavy atom. The summed E-state index contributed by atoms with van der Waals surface area (Å²) in [5, 5.41) is 20.7. The van der Waals surface area contributed by atoms with Gasteiger partial charge in [0.1, 0.15) is 17.9 Å². The van der Waals surface area contributed by atoms with Gasteiger partial charge in [0, 0.05) is 41.4 Å². The van der Waals surface area contributed by atoms with Crippen LogP contribution in [0, 0.1) is 0 Å². The van der Waals surface area contributed by atoms with Gasteiger partial charge in [-0.05, 0) is 60.2 Å². The average molecular weight is 578 g/mol. The molecule has 4 N–H and O–H groups in total. The maximum Gasteiger partial charge on any atom is 0.411 e. The van der Waals surface area contributed by atoms with E-state index in [9.17, 15) is 9.59 Å².